The minimum Gasteiger partial charge on any atom is -0.340 e. The Kier molecular flexibility index (Phi) is 3.31. The topological polar surface area (TPSA) is 88.6 Å². The van der Waals surface area contributed by atoms with Crippen LogP contribution in [0.2, 0.25) is 0 Å². The maximum Gasteiger partial charge on any atom is 0.277 e. The molecule has 8 heteroatoms. The molecule has 2 fully saturated rings. The molecule has 0 aromatic carbocycles. The highest BCUT2D eigenvalue weighted by molar-refractivity contribution is 7.86. The van der Waals surface area contributed by atoms with Crippen LogP contribution in [-0.4, -0.2) is 54.3 Å². The number of nitrogens with two attached hydrogens (primary N) is 1. The molecular weight excluding hydrogens is 280 g/mol. The summed E-state index contributed by atoms with van der Waals surface area (Å²) < 4.78 is 25.7. The monoisotopic (exact) mass is 298 g/mol. The minimum atomic E-state index is -3.65. The van der Waals surface area contributed by atoms with Crippen molar-refractivity contribution in [2.45, 2.75) is 18.9 Å². The summed E-state index contributed by atoms with van der Waals surface area (Å²) in [7, 11) is -3.65. The largest absolute Gasteiger partial charge is 0.340 e. The Bertz CT molecular complexity index is 612. The molecule has 1 amide bonds. The van der Waals surface area contributed by atoms with Crippen molar-refractivity contribution < 1.29 is 13.2 Å². The number of aromatic nitrogens is 1. The lowest BCUT2D eigenvalue weighted by atomic mass is 10.3. The predicted octanol–water partition coefficient (Wildman–Crippen LogP) is -0.216. The van der Waals surface area contributed by atoms with E-state index in [1.54, 1.807) is 4.90 Å². The van der Waals surface area contributed by atoms with Crippen molar-refractivity contribution in [3.05, 3.63) is 24.0 Å². The van der Waals surface area contributed by atoms with Gasteiger partial charge in [-0.05, 0) is 25.0 Å². The summed E-state index contributed by atoms with van der Waals surface area (Å²) >= 11 is 0. The van der Waals surface area contributed by atoms with Gasteiger partial charge in [0.2, 0.25) is 0 Å². The van der Waals surface area contributed by atoms with Gasteiger partial charge in [0.1, 0.15) is 5.69 Å². The van der Waals surface area contributed by atoms with E-state index in [2.05, 4.69) is 0 Å². The molecule has 0 atom stereocenters. The zero-order chi connectivity index (χ0) is 14.3. The molecule has 2 heterocycles. The Hall–Kier alpha value is -1.38. The van der Waals surface area contributed by atoms with Crippen LogP contribution in [0, 0.1) is 0 Å². The normalized spacial score (nSPS) is 21.1. The van der Waals surface area contributed by atoms with Crippen LogP contribution in [0.25, 0.3) is 0 Å². The highest BCUT2D eigenvalue weighted by Gasteiger charge is 2.31. The number of hydrogen-bond donors (Lipinski definition) is 1. The summed E-state index contributed by atoms with van der Waals surface area (Å²) in [6, 6.07) is 4.16. The van der Waals surface area contributed by atoms with Crippen molar-refractivity contribution in [3.8, 4) is 0 Å². The van der Waals surface area contributed by atoms with Gasteiger partial charge in [-0.1, -0.05) is 0 Å². The zero-order valence-electron chi connectivity index (χ0n) is 11.1. The van der Waals surface area contributed by atoms with Crippen molar-refractivity contribution in [2.24, 2.45) is 5.14 Å². The van der Waals surface area contributed by atoms with Crippen LogP contribution < -0.4 is 5.14 Å². The van der Waals surface area contributed by atoms with Gasteiger partial charge in [0.15, 0.2) is 0 Å². The molecule has 0 bridgehead atoms. The summed E-state index contributed by atoms with van der Waals surface area (Å²) in [6.07, 6.45) is 4.17. The third-order valence-electron chi connectivity index (χ3n) is 3.82. The van der Waals surface area contributed by atoms with Crippen LogP contribution in [0.4, 0.5) is 0 Å². The SMILES string of the molecule is NS(=O)(=O)N1CCN(C(=O)c2cccn2C2CC2)CC1. The standard InChI is InChI=1S/C12H18N4O3S/c13-20(18,19)15-8-6-14(7-9-15)12(17)11-2-1-5-16(11)10-3-4-10/h1-2,5,10H,3-4,6-9H2,(H2,13,18,19). The minimum absolute atomic E-state index is 0.0315. The molecule has 1 aromatic heterocycles. The number of amides is 1. The molecule has 2 aliphatic rings. The molecule has 3 rings (SSSR count). The Labute approximate surface area is 118 Å². The van der Waals surface area contributed by atoms with Crippen LogP contribution >= 0.6 is 0 Å². The van der Waals surface area contributed by atoms with Crippen LogP contribution in [0.15, 0.2) is 18.3 Å². The third-order valence-corrected chi connectivity index (χ3v) is 4.91. The fraction of sp³-hybridized carbons (Fsp3) is 0.583. The van der Waals surface area contributed by atoms with Gasteiger partial charge in [0.05, 0.1) is 0 Å². The van der Waals surface area contributed by atoms with E-state index in [4.69, 9.17) is 5.14 Å². The van der Waals surface area contributed by atoms with Crippen molar-refractivity contribution in [1.82, 2.24) is 13.8 Å². The van der Waals surface area contributed by atoms with Gasteiger partial charge in [-0.2, -0.15) is 12.7 Å². The van der Waals surface area contributed by atoms with Crippen molar-refractivity contribution in [3.63, 3.8) is 0 Å². The molecule has 2 N–H and O–H groups in total. The van der Waals surface area contributed by atoms with E-state index >= 15 is 0 Å². The van der Waals surface area contributed by atoms with Crippen molar-refractivity contribution in [1.29, 1.82) is 0 Å². The average molecular weight is 298 g/mol. The van der Waals surface area contributed by atoms with E-state index in [1.165, 1.54) is 4.31 Å². The number of hydrogen-bond acceptors (Lipinski definition) is 3. The molecule has 1 aromatic rings. The molecule has 20 heavy (non-hydrogen) atoms. The molecule has 0 unspecified atom stereocenters. The molecule has 0 spiro atoms. The second-order valence-electron chi connectivity index (χ2n) is 5.27. The maximum atomic E-state index is 12.5. The molecule has 1 aliphatic heterocycles. The molecule has 1 saturated carbocycles. The fourth-order valence-electron chi connectivity index (χ4n) is 2.55. The molecule has 1 saturated heterocycles. The van der Waals surface area contributed by atoms with Gasteiger partial charge in [0.25, 0.3) is 16.1 Å². The van der Waals surface area contributed by atoms with Gasteiger partial charge >= 0.3 is 0 Å². The molecule has 0 radical (unpaired) electrons. The number of piperazine rings is 1. The Morgan fingerprint density at radius 2 is 1.85 bits per heavy atom. The summed E-state index contributed by atoms with van der Waals surface area (Å²) in [4.78, 5) is 14.2. The first kappa shape index (κ1) is 13.6. The Balaban J connectivity index is 1.69. The number of nitrogens with zero attached hydrogens (tertiary/aromatic N) is 3. The van der Waals surface area contributed by atoms with Crippen LogP contribution in [-0.2, 0) is 10.2 Å². The van der Waals surface area contributed by atoms with Gasteiger partial charge in [-0.25, -0.2) is 5.14 Å². The number of carbonyl (C=O) groups excluding carboxylic acids is 1. The van der Waals surface area contributed by atoms with E-state index < -0.39 is 10.2 Å². The Morgan fingerprint density at radius 3 is 2.40 bits per heavy atom. The first-order valence-corrected chi connectivity index (χ1v) is 8.21. The van der Waals surface area contributed by atoms with Crippen LogP contribution in [0.1, 0.15) is 29.4 Å². The van der Waals surface area contributed by atoms with E-state index in [0.29, 0.717) is 24.8 Å². The predicted molar refractivity (Wildman–Crippen MR) is 73.3 cm³/mol. The zero-order valence-corrected chi connectivity index (χ0v) is 11.9. The van der Waals surface area contributed by atoms with Crippen molar-refractivity contribution >= 4 is 16.1 Å². The summed E-state index contributed by atoms with van der Waals surface area (Å²) in [5.74, 6) is -0.0315. The van der Waals surface area contributed by atoms with E-state index in [9.17, 15) is 13.2 Å². The fourth-order valence-corrected chi connectivity index (χ4v) is 3.23. The first-order chi connectivity index (χ1) is 9.47. The molecule has 1 aliphatic carbocycles. The van der Waals surface area contributed by atoms with Crippen LogP contribution in [0.5, 0.6) is 0 Å². The summed E-state index contributed by atoms with van der Waals surface area (Å²) in [6.45, 7) is 1.28. The van der Waals surface area contributed by atoms with E-state index in [-0.39, 0.29) is 19.0 Å². The Morgan fingerprint density at radius 1 is 1.20 bits per heavy atom. The lowest BCUT2D eigenvalue weighted by molar-refractivity contribution is 0.0686. The van der Waals surface area contributed by atoms with Gasteiger partial charge < -0.3 is 9.47 Å². The molecule has 7 nitrogen and oxygen atoms in total. The summed E-state index contributed by atoms with van der Waals surface area (Å²) in [5, 5.41) is 5.09. The van der Waals surface area contributed by atoms with Gasteiger partial charge in [0, 0.05) is 38.4 Å². The smallest absolute Gasteiger partial charge is 0.277 e. The lowest BCUT2D eigenvalue weighted by Crippen LogP contribution is -2.52. The third kappa shape index (κ3) is 2.58. The van der Waals surface area contributed by atoms with Gasteiger partial charge in [-0.3, -0.25) is 4.79 Å². The molecule has 110 valence electrons. The average Bonchev–Trinajstić information content (AvgIpc) is 3.15. The maximum absolute atomic E-state index is 12.5. The van der Waals surface area contributed by atoms with Crippen molar-refractivity contribution in [2.75, 3.05) is 26.2 Å². The highest BCUT2D eigenvalue weighted by Crippen LogP contribution is 2.36. The number of carbonyl (C=O) groups is 1. The summed E-state index contributed by atoms with van der Waals surface area (Å²) in [5.41, 5.74) is 0.691. The number of rotatable bonds is 3. The first-order valence-electron chi connectivity index (χ1n) is 6.71. The van der Waals surface area contributed by atoms with Gasteiger partial charge in [-0.15, -0.1) is 0 Å². The van der Waals surface area contributed by atoms with E-state index in [1.807, 2.05) is 22.9 Å². The molecular formula is C12H18N4O3S. The lowest BCUT2D eigenvalue weighted by Gasteiger charge is -2.33. The van der Waals surface area contributed by atoms with E-state index in [0.717, 1.165) is 12.8 Å². The quantitative estimate of drug-likeness (QED) is 0.837. The second-order valence-corrected chi connectivity index (χ2v) is 6.81. The van der Waals surface area contributed by atoms with Crippen LogP contribution in [0.3, 0.4) is 0 Å². The second kappa shape index (κ2) is 4.87. The highest BCUT2D eigenvalue weighted by atomic mass is 32.2.